The average Bonchev–Trinajstić information content (AvgIpc) is 3.40. The topological polar surface area (TPSA) is 115 Å². The number of benzene rings is 3. The van der Waals surface area contributed by atoms with Crippen LogP contribution in [-0.2, 0) is 19.6 Å². The van der Waals surface area contributed by atoms with Crippen LogP contribution in [0.25, 0.3) is 26.3 Å². The fraction of sp³-hybridized carbons (Fsp3) is 0.118. The van der Waals surface area contributed by atoms with Crippen molar-refractivity contribution in [1.29, 1.82) is 0 Å². The second kappa shape index (κ2) is 12.9. The molecule has 0 spiro atoms. The molecule has 3 aromatic carbocycles. The molecule has 6 aromatic rings. The number of amides is 2. The molecule has 3 heterocycles. The lowest BCUT2D eigenvalue weighted by Crippen LogP contribution is -2.39. The van der Waals surface area contributed by atoms with Crippen LogP contribution in [0.4, 0.5) is 19.3 Å². The van der Waals surface area contributed by atoms with Gasteiger partial charge in [-0.1, -0.05) is 42.5 Å². The van der Waals surface area contributed by atoms with E-state index in [1.807, 2.05) is 30.1 Å². The van der Waals surface area contributed by atoms with Gasteiger partial charge in [0.1, 0.15) is 16.5 Å². The highest BCUT2D eigenvalue weighted by Gasteiger charge is 2.25. The zero-order valence-corrected chi connectivity index (χ0v) is 25.4. The van der Waals surface area contributed by atoms with Crippen molar-refractivity contribution in [3.63, 3.8) is 0 Å². The number of nitrogens with two attached hydrogens (primary N) is 1. The molecule has 2 amide bonds. The molecule has 0 bridgehead atoms. The minimum atomic E-state index is -0.804. The Hall–Kier alpha value is -5.46. The Kier molecular flexibility index (Phi) is 8.55. The van der Waals surface area contributed by atoms with Crippen molar-refractivity contribution >= 4 is 33.3 Å². The third-order valence-electron chi connectivity index (χ3n) is 7.47. The van der Waals surface area contributed by atoms with E-state index in [1.54, 1.807) is 60.8 Å². The Morgan fingerprint density at radius 1 is 0.891 bits per heavy atom. The highest BCUT2D eigenvalue weighted by Crippen LogP contribution is 2.38. The number of nitrogens with one attached hydrogen (secondary N) is 1. The van der Waals surface area contributed by atoms with E-state index in [2.05, 4.69) is 10.3 Å². The second-order valence-electron chi connectivity index (χ2n) is 10.7. The zero-order valence-electron chi connectivity index (χ0n) is 24.6. The SMILES string of the molecule is CN(Cc1ccccn1)Cc1c(-c2ccc(NC(N)=O)cc2)sc2c1c(=O)n(-c1ccccc1)c(=O)n2Cc1c(F)cccc1F. The van der Waals surface area contributed by atoms with Crippen LogP contribution in [0, 0.1) is 11.6 Å². The number of hydrogen-bond acceptors (Lipinski definition) is 6. The molecule has 0 radical (unpaired) electrons. The second-order valence-corrected chi connectivity index (χ2v) is 11.7. The number of fused-ring (bicyclic) bond motifs is 1. The molecule has 0 saturated heterocycles. The van der Waals surface area contributed by atoms with E-state index in [9.17, 15) is 23.2 Å². The van der Waals surface area contributed by atoms with Gasteiger partial charge < -0.3 is 11.1 Å². The van der Waals surface area contributed by atoms with Crippen LogP contribution in [0.3, 0.4) is 0 Å². The maximum Gasteiger partial charge on any atom is 0.337 e. The summed E-state index contributed by atoms with van der Waals surface area (Å²) in [5.74, 6) is -1.61. The van der Waals surface area contributed by atoms with Gasteiger partial charge in [-0.3, -0.25) is 19.2 Å². The van der Waals surface area contributed by atoms with Gasteiger partial charge in [-0.25, -0.2) is 22.9 Å². The molecule has 0 saturated carbocycles. The van der Waals surface area contributed by atoms with Gasteiger partial charge in [0.25, 0.3) is 5.56 Å². The maximum absolute atomic E-state index is 15.0. The van der Waals surface area contributed by atoms with Crippen molar-refractivity contribution in [2.45, 2.75) is 19.6 Å². The molecule has 0 aliphatic heterocycles. The fourth-order valence-electron chi connectivity index (χ4n) is 5.38. The largest absolute Gasteiger partial charge is 0.351 e. The first-order valence-corrected chi connectivity index (χ1v) is 15.1. The van der Waals surface area contributed by atoms with Crippen LogP contribution in [0.5, 0.6) is 0 Å². The monoisotopic (exact) mass is 638 g/mol. The summed E-state index contributed by atoms with van der Waals surface area (Å²) in [4.78, 5) is 47.3. The summed E-state index contributed by atoms with van der Waals surface area (Å²) in [5.41, 5.74) is 6.67. The first kappa shape index (κ1) is 30.6. The highest BCUT2D eigenvalue weighted by atomic mass is 32.1. The zero-order chi connectivity index (χ0) is 32.4. The van der Waals surface area contributed by atoms with E-state index >= 15 is 0 Å². The number of carbonyl (C=O) groups is 1. The predicted octanol–water partition coefficient (Wildman–Crippen LogP) is 5.73. The number of carbonyl (C=O) groups excluding carboxylic acids is 1. The van der Waals surface area contributed by atoms with E-state index in [0.717, 1.165) is 22.4 Å². The molecule has 12 heteroatoms. The fourth-order valence-corrected chi connectivity index (χ4v) is 6.68. The van der Waals surface area contributed by atoms with Gasteiger partial charge >= 0.3 is 11.7 Å². The van der Waals surface area contributed by atoms with Crippen molar-refractivity contribution in [2.75, 3.05) is 12.4 Å². The number of nitrogens with zero attached hydrogens (tertiary/aromatic N) is 4. The minimum Gasteiger partial charge on any atom is -0.351 e. The Morgan fingerprint density at radius 3 is 2.24 bits per heavy atom. The summed E-state index contributed by atoms with van der Waals surface area (Å²) < 4.78 is 32.2. The quantitative estimate of drug-likeness (QED) is 0.210. The van der Waals surface area contributed by atoms with Crippen LogP contribution >= 0.6 is 11.3 Å². The van der Waals surface area contributed by atoms with Crippen molar-refractivity contribution in [2.24, 2.45) is 5.73 Å². The van der Waals surface area contributed by atoms with Gasteiger partial charge in [0.05, 0.1) is 23.3 Å². The van der Waals surface area contributed by atoms with E-state index in [1.165, 1.54) is 22.0 Å². The van der Waals surface area contributed by atoms with E-state index in [-0.39, 0.29) is 22.3 Å². The first-order chi connectivity index (χ1) is 22.2. The molecular weight excluding hydrogens is 610 g/mol. The number of urea groups is 1. The molecule has 0 unspecified atom stereocenters. The van der Waals surface area contributed by atoms with Gasteiger partial charge in [0.15, 0.2) is 0 Å². The maximum atomic E-state index is 15.0. The minimum absolute atomic E-state index is 0.257. The lowest BCUT2D eigenvalue weighted by molar-refractivity contribution is 0.259. The van der Waals surface area contributed by atoms with Crippen molar-refractivity contribution in [1.82, 2.24) is 19.0 Å². The van der Waals surface area contributed by atoms with Crippen LogP contribution < -0.4 is 22.3 Å². The molecule has 3 N–H and O–H groups in total. The number of primary amides is 1. The lowest BCUT2D eigenvalue weighted by Gasteiger charge is -2.18. The molecule has 0 aliphatic rings. The van der Waals surface area contributed by atoms with Gasteiger partial charge in [-0.15, -0.1) is 11.3 Å². The predicted molar refractivity (Wildman–Crippen MR) is 175 cm³/mol. The summed E-state index contributed by atoms with van der Waals surface area (Å²) >= 11 is 1.19. The average molecular weight is 639 g/mol. The molecule has 0 atom stereocenters. The molecule has 3 aromatic heterocycles. The van der Waals surface area contributed by atoms with Crippen LogP contribution in [0.2, 0.25) is 0 Å². The smallest absolute Gasteiger partial charge is 0.337 e. The Morgan fingerprint density at radius 2 is 1.59 bits per heavy atom. The number of pyridine rings is 1. The van der Waals surface area contributed by atoms with Crippen molar-refractivity contribution in [3.8, 4) is 16.1 Å². The number of aromatic nitrogens is 3. The molecule has 0 fully saturated rings. The van der Waals surface area contributed by atoms with Gasteiger partial charge in [0, 0.05) is 35.4 Å². The Bertz CT molecular complexity index is 2140. The molecule has 232 valence electrons. The van der Waals surface area contributed by atoms with Crippen LogP contribution in [-0.4, -0.2) is 32.1 Å². The van der Waals surface area contributed by atoms with Gasteiger partial charge in [-0.05, 0) is 66.7 Å². The molecular formula is C34H28F2N6O3S. The highest BCUT2D eigenvalue weighted by molar-refractivity contribution is 7.22. The number of halogens is 2. The number of anilines is 1. The number of rotatable bonds is 9. The number of para-hydroxylation sites is 1. The van der Waals surface area contributed by atoms with E-state index in [0.29, 0.717) is 33.9 Å². The summed E-state index contributed by atoms with van der Waals surface area (Å²) in [7, 11) is 1.89. The Labute approximate surface area is 265 Å². The standard InChI is InChI=1S/C34H28F2N6O3S/c1-40(18-23-8-5-6-17-38-23)19-26-29-31(43)42(24-9-3-2-4-10-24)34(45)41(20-25-27(35)11-7-12-28(25)36)32(29)46-30(26)21-13-15-22(16-14-21)39-33(37)44/h2-17H,18-20H2,1H3,(H3,37,39,44). The van der Waals surface area contributed by atoms with Gasteiger partial charge in [-0.2, -0.15) is 0 Å². The normalized spacial score (nSPS) is 11.3. The number of hydrogen-bond donors (Lipinski definition) is 2. The van der Waals surface area contributed by atoms with Gasteiger partial charge in [0.2, 0.25) is 0 Å². The summed E-state index contributed by atoms with van der Waals surface area (Å²) in [6, 6.07) is 23.8. The molecule has 6 rings (SSSR count). The summed E-state index contributed by atoms with van der Waals surface area (Å²) in [6.07, 6.45) is 1.70. The molecule has 0 aliphatic carbocycles. The third-order valence-corrected chi connectivity index (χ3v) is 8.77. The van der Waals surface area contributed by atoms with Crippen LogP contribution in [0.1, 0.15) is 16.8 Å². The van der Waals surface area contributed by atoms with Crippen molar-refractivity contribution in [3.05, 3.63) is 146 Å². The van der Waals surface area contributed by atoms with E-state index in [4.69, 9.17) is 5.73 Å². The first-order valence-electron chi connectivity index (χ1n) is 14.3. The van der Waals surface area contributed by atoms with Crippen molar-refractivity contribution < 1.29 is 13.6 Å². The lowest BCUT2D eigenvalue weighted by atomic mass is 10.1. The third kappa shape index (κ3) is 6.08. The summed E-state index contributed by atoms with van der Waals surface area (Å²) in [6.45, 7) is 0.307. The molecule has 9 nitrogen and oxygen atoms in total. The van der Waals surface area contributed by atoms with Crippen LogP contribution in [0.15, 0.2) is 107 Å². The Balaban J connectivity index is 1.62. The van der Waals surface area contributed by atoms with E-state index < -0.39 is 35.5 Å². The molecule has 46 heavy (non-hydrogen) atoms. The summed E-state index contributed by atoms with van der Waals surface area (Å²) in [5, 5.41) is 2.79. The number of thiophene rings is 1.